The zero-order valence-corrected chi connectivity index (χ0v) is 16.0. The Morgan fingerprint density at radius 3 is 2.32 bits per heavy atom. The first-order valence-electron chi connectivity index (χ1n) is 9.65. The number of hydrogen-bond donors (Lipinski definition) is 3. The minimum Gasteiger partial charge on any atom is -0.348 e. The molecule has 0 aromatic heterocycles. The summed E-state index contributed by atoms with van der Waals surface area (Å²) in [5.41, 5.74) is 0.902. The van der Waals surface area contributed by atoms with Crippen molar-refractivity contribution < 1.29 is 14.0 Å². The molecule has 0 radical (unpaired) electrons. The van der Waals surface area contributed by atoms with Gasteiger partial charge in [-0.3, -0.25) is 4.79 Å². The van der Waals surface area contributed by atoms with E-state index in [0.29, 0.717) is 19.4 Å². The fourth-order valence-electron chi connectivity index (χ4n) is 3.60. The SMILES string of the molecule is CC(NC(=O)C1(NC(=O)NCc2ccccc2)CCCC1)c1ccc(F)cc1. The molecule has 28 heavy (non-hydrogen) atoms. The van der Waals surface area contributed by atoms with Crippen molar-refractivity contribution in [3.8, 4) is 0 Å². The van der Waals surface area contributed by atoms with E-state index in [-0.39, 0.29) is 23.8 Å². The average molecular weight is 383 g/mol. The quantitative estimate of drug-likeness (QED) is 0.710. The molecule has 0 heterocycles. The van der Waals surface area contributed by atoms with Crippen molar-refractivity contribution in [2.45, 2.75) is 50.7 Å². The fourth-order valence-corrected chi connectivity index (χ4v) is 3.60. The topological polar surface area (TPSA) is 70.2 Å². The summed E-state index contributed by atoms with van der Waals surface area (Å²) >= 11 is 0. The van der Waals surface area contributed by atoms with E-state index < -0.39 is 5.54 Å². The van der Waals surface area contributed by atoms with Gasteiger partial charge in [0.05, 0.1) is 6.04 Å². The van der Waals surface area contributed by atoms with E-state index >= 15 is 0 Å². The third-order valence-corrected chi connectivity index (χ3v) is 5.26. The van der Waals surface area contributed by atoms with Gasteiger partial charge in [-0.1, -0.05) is 55.3 Å². The number of urea groups is 1. The van der Waals surface area contributed by atoms with Crippen LogP contribution < -0.4 is 16.0 Å². The van der Waals surface area contributed by atoms with Crippen LogP contribution in [-0.2, 0) is 11.3 Å². The predicted octanol–water partition coefficient (Wildman–Crippen LogP) is 3.82. The third kappa shape index (κ3) is 4.88. The van der Waals surface area contributed by atoms with Crippen molar-refractivity contribution in [2.24, 2.45) is 0 Å². The summed E-state index contributed by atoms with van der Waals surface area (Å²) in [6, 6.07) is 15.0. The fraction of sp³-hybridized carbons (Fsp3) is 0.364. The molecule has 5 nitrogen and oxygen atoms in total. The smallest absolute Gasteiger partial charge is 0.315 e. The molecule has 1 aliphatic rings. The second kappa shape index (κ2) is 8.87. The number of nitrogens with one attached hydrogen (secondary N) is 3. The number of rotatable bonds is 6. The van der Waals surface area contributed by atoms with Crippen LogP contribution in [0.25, 0.3) is 0 Å². The molecule has 2 aromatic carbocycles. The summed E-state index contributed by atoms with van der Waals surface area (Å²) in [5, 5.41) is 8.70. The highest BCUT2D eigenvalue weighted by Crippen LogP contribution is 2.30. The van der Waals surface area contributed by atoms with Crippen LogP contribution in [0.15, 0.2) is 54.6 Å². The number of halogens is 1. The van der Waals surface area contributed by atoms with Gasteiger partial charge in [0, 0.05) is 6.54 Å². The lowest BCUT2D eigenvalue weighted by molar-refractivity contribution is -0.127. The largest absolute Gasteiger partial charge is 0.348 e. The molecule has 1 saturated carbocycles. The highest BCUT2D eigenvalue weighted by molar-refractivity contribution is 5.91. The predicted molar refractivity (Wildman–Crippen MR) is 106 cm³/mol. The Hall–Kier alpha value is -2.89. The minimum absolute atomic E-state index is 0.198. The molecule has 0 bridgehead atoms. The second-order valence-electron chi connectivity index (χ2n) is 7.33. The molecule has 3 rings (SSSR count). The maximum absolute atomic E-state index is 13.1. The van der Waals surface area contributed by atoms with Gasteiger partial charge < -0.3 is 16.0 Å². The molecule has 1 fully saturated rings. The summed E-state index contributed by atoms with van der Waals surface area (Å²) in [5.74, 6) is -0.511. The summed E-state index contributed by atoms with van der Waals surface area (Å²) in [4.78, 5) is 25.4. The van der Waals surface area contributed by atoms with Gasteiger partial charge >= 0.3 is 6.03 Å². The van der Waals surface area contributed by atoms with Gasteiger partial charge in [-0.25, -0.2) is 9.18 Å². The van der Waals surface area contributed by atoms with Crippen LogP contribution in [0.1, 0.15) is 49.8 Å². The average Bonchev–Trinajstić information content (AvgIpc) is 3.17. The van der Waals surface area contributed by atoms with Crippen molar-refractivity contribution in [2.75, 3.05) is 0 Å². The van der Waals surface area contributed by atoms with Gasteiger partial charge in [0.15, 0.2) is 0 Å². The molecule has 6 heteroatoms. The van der Waals surface area contributed by atoms with Crippen molar-refractivity contribution in [3.05, 3.63) is 71.5 Å². The molecule has 1 atom stereocenters. The zero-order valence-electron chi connectivity index (χ0n) is 16.0. The summed E-state index contributed by atoms with van der Waals surface area (Å²) in [7, 11) is 0. The van der Waals surface area contributed by atoms with E-state index in [2.05, 4.69) is 16.0 Å². The van der Waals surface area contributed by atoms with E-state index in [4.69, 9.17) is 0 Å². The number of amides is 3. The lowest BCUT2D eigenvalue weighted by atomic mass is 9.95. The van der Waals surface area contributed by atoms with Crippen LogP contribution in [-0.4, -0.2) is 17.5 Å². The van der Waals surface area contributed by atoms with E-state index in [1.165, 1.54) is 12.1 Å². The Morgan fingerprint density at radius 1 is 1.04 bits per heavy atom. The summed E-state index contributed by atoms with van der Waals surface area (Å²) < 4.78 is 13.1. The van der Waals surface area contributed by atoms with E-state index in [0.717, 1.165) is 24.0 Å². The standard InChI is InChI=1S/C22H26FN3O2/c1-16(18-9-11-19(23)12-10-18)25-20(27)22(13-5-6-14-22)26-21(28)24-15-17-7-3-2-4-8-17/h2-4,7-12,16H,5-6,13-15H2,1H3,(H,25,27)(H2,24,26,28). The third-order valence-electron chi connectivity index (χ3n) is 5.26. The molecular formula is C22H26FN3O2. The Kier molecular flexibility index (Phi) is 6.29. The first kappa shape index (κ1) is 19.9. The normalized spacial score (nSPS) is 16.2. The number of carbonyl (C=O) groups is 2. The van der Waals surface area contributed by atoms with Gasteiger partial charge in [0.2, 0.25) is 5.91 Å². The molecule has 148 valence electrons. The molecule has 3 N–H and O–H groups in total. The molecule has 0 aliphatic heterocycles. The molecule has 0 saturated heterocycles. The number of benzene rings is 2. The Labute approximate surface area is 164 Å². The van der Waals surface area contributed by atoms with Gasteiger partial charge in [-0.2, -0.15) is 0 Å². The van der Waals surface area contributed by atoms with E-state index in [1.807, 2.05) is 37.3 Å². The maximum atomic E-state index is 13.1. The molecule has 1 unspecified atom stereocenters. The van der Waals surface area contributed by atoms with Crippen LogP contribution >= 0.6 is 0 Å². The minimum atomic E-state index is -0.908. The molecule has 3 amide bonds. The highest BCUT2D eigenvalue weighted by atomic mass is 19.1. The lowest BCUT2D eigenvalue weighted by Crippen LogP contribution is -2.59. The van der Waals surface area contributed by atoms with Crippen LogP contribution in [0.5, 0.6) is 0 Å². The molecule has 0 spiro atoms. The van der Waals surface area contributed by atoms with Crippen LogP contribution in [0.2, 0.25) is 0 Å². The summed E-state index contributed by atoms with van der Waals surface area (Å²) in [6.07, 6.45) is 2.98. The van der Waals surface area contributed by atoms with Crippen LogP contribution in [0, 0.1) is 5.82 Å². The van der Waals surface area contributed by atoms with Gasteiger partial charge in [0.1, 0.15) is 11.4 Å². The molecule has 2 aromatic rings. The van der Waals surface area contributed by atoms with Crippen molar-refractivity contribution in [3.63, 3.8) is 0 Å². The van der Waals surface area contributed by atoms with Crippen molar-refractivity contribution in [1.82, 2.24) is 16.0 Å². The maximum Gasteiger partial charge on any atom is 0.315 e. The Morgan fingerprint density at radius 2 is 1.68 bits per heavy atom. The second-order valence-corrected chi connectivity index (χ2v) is 7.33. The first-order chi connectivity index (χ1) is 13.5. The van der Waals surface area contributed by atoms with Crippen molar-refractivity contribution >= 4 is 11.9 Å². The van der Waals surface area contributed by atoms with Gasteiger partial charge in [-0.15, -0.1) is 0 Å². The van der Waals surface area contributed by atoms with Crippen molar-refractivity contribution in [1.29, 1.82) is 0 Å². The lowest BCUT2D eigenvalue weighted by Gasteiger charge is -2.30. The van der Waals surface area contributed by atoms with Gasteiger partial charge in [0.25, 0.3) is 0 Å². The molecule has 1 aliphatic carbocycles. The zero-order chi connectivity index (χ0) is 20.0. The monoisotopic (exact) mass is 383 g/mol. The first-order valence-corrected chi connectivity index (χ1v) is 9.65. The Bertz CT molecular complexity index is 802. The van der Waals surface area contributed by atoms with Gasteiger partial charge in [-0.05, 0) is 43.0 Å². The van der Waals surface area contributed by atoms with E-state index in [1.54, 1.807) is 12.1 Å². The van der Waals surface area contributed by atoms with E-state index in [9.17, 15) is 14.0 Å². The molecular weight excluding hydrogens is 357 g/mol. The van der Waals surface area contributed by atoms with Crippen LogP contribution in [0.3, 0.4) is 0 Å². The van der Waals surface area contributed by atoms with Crippen LogP contribution in [0.4, 0.5) is 9.18 Å². The highest BCUT2D eigenvalue weighted by Gasteiger charge is 2.42. The Balaban J connectivity index is 1.61. The number of carbonyl (C=O) groups excluding carboxylic acids is 2. The summed E-state index contributed by atoms with van der Waals surface area (Å²) in [6.45, 7) is 2.25. The number of hydrogen-bond acceptors (Lipinski definition) is 2.